The molecule has 10 nitrogen and oxygen atoms in total. The summed E-state index contributed by atoms with van der Waals surface area (Å²) in [6.07, 6.45) is -2.89. The zero-order chi connectivity index (χ0) is 29.0. The molecule has 2 heterocycles. The van der Waals surface area contributed by atoms with Crippen molar-refractivity contribution in [3.63, 3.8) is 0 Å². The molecule has 0 saturated heterocycles. The topological polar surface area (TPSA) is 138 Å². The number of aliphatic hydroxyl groups is 3. The van der Waals surface area contributed by atoms with Gasteiger partial charge in [-0.1, -0.05) is 36.0 Å². The lowest BCUT2D eigenvalue weighted by Gasteiger charge is -2.17. The predicted octanol–water partition coefficient (Wildman–Crippen LogP) is 2.18. The summed E-state index contributed by atoms with van der Waals surface area (Å²) in [5.41, 5.74) is 2.08. The van der Waals surface area contributed by atoms with Crippen molar-refractivity contribution in [3.8, 4) is 0 Å². The molecule has 2 fully saturated rings. The van der Waals surface area contributed by atoms with Crippen LogP contribution in [-0.4, -0.2) is 83.5 Å². The summed E-state index contributed by atoms with van der Waals surface area (Å²) < 4.78 is 50.5. The van der Waals surface area contributed by atoms with Gasteiger partial charge in [0.2, 0.25) is 0 Å². The molecule has 0 bridgehead atoms. The number of benzene rings is 1. The second kappa shape index (κ2) is 10.5. The Morgan fingerprint density at radius 3 is 2.86 bits per heavy atom. The van der Waals surface area contributed by atoms with E-state index in [-0.39, 0.29) is 29.8 Å². The van der Waals surface area contributed by atoms with Gasteiger partial charge in [0.05, 0.1) is 30.7 Å². The molecule has 194 valence electrons. The van der Waals surface area contributed by atoms with Crippen molar-refractivity contribution >= 4 is 28.7 Å². The molecule has 6 atom stereocenters. The summed E-state index contributed by atoms with van der Waals surface area (Å²) in [7, 11) is 0. The molecule has 0 unspecified atom stereocenters. The molecule has 0 spiro atoms. The Morgan fingerprint density at radius 2 is 2.11 bits per heavy atom. The highest BCUT2D eigenvalue weighted by Gasteiger charge is 2.45. The maximum Gasteiger partial charge on any atom is 0.191 e. The summed E-state index contributed by atoms with van der Waals surface area (Å²) in [6, 6.07) is 4.27. The monoisotopic (exact) mass is 522 g/mol. The van der Waals surface area contributed by atoms with E-state index in [9.17, 15) is 19.7 Å². The van der Waals surface area contributed by atoms with E-state index >= 15 is 0 Å². The summed E-state index contributed by atoms with van der Waals surface area (Å²) in [5.74, 6) is 1.02. The standard InChI is InChI=1S/C24H31FN6O4S/c1-3-8-36-24-27-22(26-16-10-14(16)13-5-4-12(2)15(25)9-13)19-23(28-24)31(30-29-19)17-11-18(35-7-6-32)21(34)20(17)33/h4-5,9,14,16-18,20-21,32-34H,3,6-8,10-11H2,1-2H3,(H,26,27,28)/t14-,16+,17+,18-,20-,21+/m0/s1/i6D2,7D2. The van der Waals surface area contributed by atoms with Crippen LogP contribution in [0, 0.1) is 12.7 Å². The van der Waals surface area contributed by atoms with Crippen LogP contribution in [0.1, 0.15) is 54.8 Å². The number of nitrogens with one attached hydrogen (secondary N) is 1. The average molecular weight is 523 g/mol. The molecule has 4 N–H and O–H groups in total. The van der Waals surface area contributed by atoms with Crippen LogP contribution in [0.15, 0.2) is 23.4 Å². The fourth-order valence-corrected chi connectivity index (χ4v) is 5.25. The fourth-order valence-electron chi connectivity index (χ4n) is 4.56. The average Bonchev–Trinajstić information content (AvgIpc) is 3.43. The number of nitrogens with zero attached hydrogens (tertiary/aromatic N) is 5. The van der Waals surface area contributed by atoms with Crippen LogP contribution in [-0.2, 0) is 4.74 Å². The largest absolute Gasteiger partial charge is 0.394 e. The van der Waals surface area contributed by atoms with Crippen molar-refractivity contribution < 1.29 is 29.9 Å². The van der Waals surface area contributed by atoms with E-state index < -0.39 is 37.5 Å². The quantitative estimate of drug-likeness (QED) is 0.231. The van der Waals surface area contributed by atoms with Gasteiger partial charge in [-0.05, 0) is 37.0 Å². The van der Waals surface area contributed by atoms with Gasteiger partial charge in [0, 0.05) is 24.1 Å². The van der Waals surface area contributed by atoms with Gasteiger partial charge in [-0.15, -0.1) is 5.10 Å². The number of ether oxygens (including phenoxy) is 1. The minimum Gasteiger partial charge on any atom is -0.394 e. The van der Waals surface area contributed by atoms with Crippen LogP contribution in [0.5, 0.6) is 0 Å². The van der Waals surface area contributed by atoms with Gasteiger partial charge in [0.1, 0.15) is 18.0 Å². The Balaban J connectivity index is 1.42. The molecule has 3 aromatic rings. The molecule has 2 aromatic heterocycles. The van der Waals surface area contributed by atoms with Gasteiger partial charge in [-0.3, -0.25) is 0 Å². The normalized spacial score (nSPS) is 30.1. The van der Waals surface area contributed by atoms with Crippen molar-refractivity contribution in [2.24, 2.45) is 0 Å². The van der Waals surface area contributed by atoms with E-state index in [1.165, 1.54) is 16.4 Å². The first-order valence-corrected chi connectivity index (χ1v) is 12.8. The summed E-state index contributed by atoms with van der Waals surface area (Å²) in [6.45, 7) is -2.73. The van der Waals surface area contributed by atoms with E-state index in [1.54, 1.807) is 19.1 Å². The van der Waals surface area contributed by atoms with Gasteiger partial charge in [-0.2, -0.15) is 0 Å². The SMILES string of the molecule is [2H]C([2H])(O)C([2H])([2H])O[C@H]1C[C@@H](n2nnc3c(N[C@@H]4C[C@H]4c4ccc(C)c(F)c4)nc(SCCC)nc32)[C@H](O)[C@@H]1O. The smallest absolute Gasteiger partial charge is 0.191 e. The summed E-state index contributed by atoms with van der Waals surface area (Å²) >= 11 is 1.43. The van der Waals surface area contributed by atoms with Crippen molar-refractivity contribution in [3.05, 3.63) is 35.1 Å². The molecular weight excluding hydrogens is 487 g/mol. The Bertz CT molecular complexity index is 1400. The molecule has 2 saturated carbocycles. The Labute approximate surface area is 217 Å². The lowest BCUT2D eigenvalue weighted by atomic mass is 10.1. The van der Waals surface area contributed by atoms with Crippen LogP contribution in [0.2, 0.25) is 0 Å². The highest BCUT2D eigenvalue weighted by molar-refractivity contribution is 7.99. The zero-order valence-electron chi connectivity index (χ0n) is 23.8. The van der Waals surface area contributed by atoms with Crippen molar-refractivity contribution in [2.45, 2.75) is 74.6 Å². The number of anilines is 1. The molecule has 2 aliphatic rings. The molecule has 1 aromatic carbocycles. The van der Waals surface area contributed by atoms with Gasteiger partial charge < -0.3 is 25.4 Å². The number of fused-ring (bicyclic) bond motifs is 1. The maximum absolute atomic E-state index is 14.1. The van der Waals surface area contributed by atoms with Crippen LogP contribution >= 0.6 is 11.8 Å². The van der Waals surface area contributed by atoms with E-state index in [0.717, 1.165) is 24.2 Å². The number of aliphatic hydroxyl groups excluding tert-OH is 2. The fraction of sp³-hybridized carbons (Fsp3) is 0.583. The second-order valence-electron chi connectivity index (χ2n) is 9.17. The lowest BCUT2D eigenvalue weighted by Crippen LogP contribution is -2.33. The third-order valence-electron chi connectivity index (χ3n) is 6.64. The maximum atomic E-state index is 14.1. The number of aromatic nitrogens is 5. The van der Waals surface area contributed by atoms with Crippen LogP contribution in [0.3, 0.4) is 0 Å². The summed E-state index contributed by atoms with van der Waals surface area (Å²) in [4.78, 5) is 9.23. The van der Waals surface area contributed by atoms with Crippen molar-refractivity contribution in [1.29, 1.82) is 0 Å². The third kappa shape index (κ3) is 4.92. The highest BCUT2D eigenvalue weighted by Crippen LogP contribution is 2.44. The molecule has 2 aliphatic carbocycles. The Hall–Kier alpha value is -2.38. The van der Waals surface area contributed by atoms with E-state index in [4.69, 9.17) is 10.2 Å². The predicted molar refractivity (Wildman–Crippen MR) is 133 cm³/mol. The molecule has 0 amide bonds. The number of rotatable bonds is 10. The molecule has 5 rings (SSSR count). The van der Waals surface area contributed by atoms with Gasteiger partial charge in [0.15, 0.2) is 22.1 Å². The van der Waals surface area contributed by atoms with Gasteiger partial charge in [0.25, 0.3) is 0 Å². The van der Waals surface area contributed by atoms with Crippen molar-refractivity contribution in [1.82, 2.24) is 25.0 Å². The lowest BCUT2D eigenvalue weighted by molar-refractivity contribution is -0.0629. The van der Waals surface area contributed by atoms with E-state index in [1.807, 2.05) is 13.0 Å². The minimum absolute atomic E-state index is 0.0122. The van der Waals surface area contributed by atoms with Crippen LogP contribution < -0.4 is 5.32 Å². The molecule has 0 aliphatic heterocycles. The minimum atomic E-state index is -3.33. The Morgan fingerprint density at radius 1 is 1.28 bits per heavy atom. The van der Waals surface area contributed by atoms with E-state index in [0.29, 0.717) is 22.1 Å². The van der Waals surface area contributed by atoms with Crippen LogP contribution in [0.25, 0.3) is 11.2 Å². The third-order valence-corrected chi connectivity index (χ3v) is 7.70. The van der Waals surface area contributed by atoms with Gasteiger partial charge >= 0.3 is 0 Å². The molecule has 36 heavy (non-hydrogen) atoms. The molecule has 0 radical (unpaired) electrons. The number of thioether (sulfide) groups is 1. The first-order valence-electron chi connectivity index (χ1n) is 13.9. The van der Waals surface area contributed by atoms with E-state index in [2.05, 4.69) is 25.6 Å². The first-order chi connectivity index (χ1) is 18.8. The number of hydrogen-bond donors (Lipinski definition) is 4. The second-order valence-corrected chi connectivity index (χ2v) is 10.2. The van der Waals surface area contributed by atoms with Crippen molar-refractivity contribution in [2.75, 3.05) is 24.2 Å². The van der Waals surface area contributed by atoms with Crippen LogP contribution in [0.4, 0.5) is 10.2 Å². The summed E-state index contributed by atoms with van der Waals surface area (Å²) in [5, 5.41) is 43.1. The number of halogens is 1. The zero-order valence-corrected chi connectivity index (χ0v) is 20.6. The number of hydrogen-bond acceptors (Lipinski definition) is 10. The molecule has 12 heteroatoms. The molecular formula is C24H31FN6O4S. The first kappa shape index (κ1) is 20.7. The van der Waals surface area contributed by atoms with Gasteiger partial charge in [-0.25, -0.2) is 19.0 Å². The highest BCUT2D eigenvalue weighted by atomic mass is 32.2. The number of aryl methyl sites for hydroxylation is 1. The Kier molecular flexibility index (Phi) is 6.05.